The number of hydrogen-bond donors (Lipinski definition) is 1. The van der Waals surface area contributed by atoms with Crippen LogP contribution in [0, 0.1) is 0 Å². The molecule has 1 unspecified atom stereocenters. The lowest BCUT2D eigenvalue weighted by molar-refractivity contribution is 0.116. The van der Waals surface area contributed by atoms with Crippen LogP contribution in [0.2, 0.25) is 0 Å². The Kier molecular flexibility index (Phi) is 4.85. The van der Waals surface area contributed by atoms with Crippen LogP contribution >= 0.6 is 0 Å². The van der Waals surface area contributed by atoms with Crippen LogP contribution in [-0.4, -0.2) is 65.8 Å². The normalized spacial score (nSPS) is 18.5. The van der Waals surface area contributed by atoms with Crippen molar-refractivity contribution in [2.75, 3.05) is 45.1 Å². The molecule has 0 spiro atoms. The second-order valence-electron chi connectivity index (χ2n) is 6.18. The Balaban J connectivity index is 1.54. The molecule has 118 valence electrons. The highest BCUT2D eigenvalue weighted by Crippen LogP contribution is 2.19. The van der Waals surface area contributed by atoms with Crippen molar-refractivity contribution in [1.82, 2.24) is 20.0 Å². The molecule has 5 nitrogen and oxygen atoms in total. The third kappa shape index (κ3) is 3.54. The summed E-state index contributed by atoms with van der Waals surface area (Å²) in [6, 6.07) is 8.84. The molecule has 1 saturated heterocycles. The standard InChI is InChI=1S/C17H25N5/c1-14(22-11-9-21(2)10-12-22)7-8-18-17-16-6-4-3-5-15(16)13-19-20-17/h3-6,13-14H,7-12H2,1-2H3,(H,18,20). The predicted octanol–water partition coefficient (Wildman–Crippen LogP) is 2.07. The van der Waals surface area contributed by atoms with Crippen LogP contribution in [0.5, 0.6) is 0 Å². The SMILES string of the molecule is CC(CCNc1nncc2ccccc12)N1CCN(C)CC1. The number of benzene rings is 1. The van der Waals surface area contributed by atoms with E-state index in [1.165, 1.54) is 26.2 Å². The van der Waals surface area contributed by atoms with Crippen LogP contribution in [0.3, 0.4) is 0 Å². The minimum atomic E-state index is 0.601. The van der Waals surface area contributed by atoms with Crippen LogP contribution in [0.25, 0.3) is 10.8 Å². The fourth-order valence-corrected chi connectivity index (χ4v) is 3.00. The second-order valence-corrected chi connectivity index (χ2v) is 6.18. The Labute approximate surface area is 132 Å². The van der Waals surface area contributed by atoms with Crippen molar-refractivity contribution >= 4 is 16.6 Å². The summed E-state index contributed by atoms with van der Waals surface area (Å²) >= 11 is 0. The number of likely N-dealkylation sites (N-methyl/N-ethyl adjacent to an activating group) is 1. The summed E-state index contributed by atoms with van der Waals surface area (Å²) in [5.41, 5.74) is 0. The molecule has 22 heavy (non-hydrogen) atoms. The lowest BCUT2D eigenvalue weighted by atomic mass is 10.1. The van der Waals surface area contributed by atoms with E-state index in [1.54, 1.807) is 0 Å². The van der Waals surface area contributed by atoms with Crippen molar-refractivity contribution in [3.63, 3.8) is 0 Å². The summed E-state index contributed by atoms with van der Waals surface area (Å²) < 4.78 is 0. The van der Waals surface area contributed by atoms with Crippen molar-refractivity contribution in [2.45, 2.75) is 19.4 Å². The summed E-state index contributed by atoms with van der Waals surface area (Å²) in [6.07, 6.45) is 2.93. The minimum absolute atomic E-state index is 0.601. The van der Waals surface area contributed by atoms with Gasteiger partial charge in [-0.15, -0.1) is 5.10 Å². The van der Waals surface area contributed by atoms with Gasteiger partial charge in [-0.1, -0.05) is 24.3 Å². The molecule has 0 saturated carbocycles. The quantitative estimate of drug-likeness (QED) is 0.915. The average molecular weight is 299 g/mol. The largest absolute Gasteiger partial charge is 0.368 e. The van der Waals surface area contributed by atoms with Gasteiger partial charge in [0.15, 0.2) is 5.82 Å². The molecule has 1 N–H and O–H groups in total. The topological polar surface area (TPSA) is 44.3 Å². The third-order valence-electron chi connectivity index (χ3n) is 4.59. The molecule has 2 heterocycles. The monoisotopic (exact) mass is 299 g/mol. The molecule has 1 aliphatic rings. The number of anilines is 1. The molecular formula is C17H25N5. The van der Waals surface area contributed by atoms with Gasteiger partial charge in [0.25, 0.3) is 0 Å². The van der Waals surface area contributed by atoms with Crippen LogP contribution in [0.15, 0.2) is 30.5 Å². The smallest absolute Gasteiger partial charge is 0.156 e. The van der Waals surface area contributed by atoms with Crippen molar-refractivity contribution in [2.24, 2.45) is 0 Å². The van der Waals surface area contributed by atoms with Gasteiger partial charge in [-0.25, -0.2) is 0 Å². The van der Waals surface area contributed by atoms with Gasteiger partial charge in [0.1, 0.15) is 0 Å². The van der Waals surface area contributed by atoms with E-state index in [0.29, 0.717) is 6.04 Å². The molecule has 1 aliphatic heterocycles. The maximum Gasteiger partial charge on any atom is 0.156 e. The van der Waals surface area contributed by atoms with E-state index in [0.717, 1.165) is 29.6 Å². The molecule has 1 aromatic carbocycles. The highest BCUT2D eigenvalue weighted by molar-refractivity contribution is 5.90. The Morgan fingerprint density at radius 1 is 1.18 bits per heavy atom. The van der Waals surface area contributed by atoms with Gasteiger partial charge in [0, 0.05) is 49.5 Å². The van der Waals surface area contributed by atoms with Crippen molar-refractivity contribution < 1.29 is 0 Å². The molecule has 0 aliphatic carbocycles. The zero-order valence-electron chi connectivity index (χ0n) is 13.5. The number of aromatic nitrogens is 2. The Hall–Kier alpha value is -1.72. The van der Waals surface area contributed by atoms with Gasteiger partial charge in [-0.3, -0.25) is 4.90 Å². The van der Waals surface area contributed by atoms with E-state index in [4.69, 9.17) is 0 Å². The van der Waals surface area contributed by atoms with Gasteiger partial charge < -0.3 is 10.2 Å². The fourth-order valence-electron chi connectivity index (χ4n) is 3.00. The maximum absolute atomic E-state index is 4.24. The Bertz CT molecular complexity index is 602. The Morgan fingerprint density at radius 2 is 1.95 bits per heavy atom. The molecular weight excluding hydrogens is 274 g/mol. The molecule has 1 fully saturated rings. The number of rotatable bonds is 5. The first-order valence-electron chi connectivity index (χ1n) is 8.11. The first-order chi connectivity index (χ1) is 10.7. The second kappa shape index (κ2) is 7.03. The van der Waals surface area contributed by atoms with Crippen molar-refractivity contribution in [3.8, 4) is 0 Å². The van der Waals surface area contributed by atoms with E-state index < -0.39 is 0 Å². The fraction of sp³-hybridized carbons (Fsp3) is 0.529. The molecule has 2 aromatic rings. The highest BCUT2D eigenvalue weighted by Gasteiger charge is 2.18. The van der Waals surface area contributed by atoms with Gasteiger partial charge in [0.2, 0.25) is 0 Å². The summed E-state index contributed by atoms with van der Waals surface area (Å²) in [6.45, 7) is 7.94. The first-order valence-corrected chi connectivity index (χ1v) is 8.11. The zero-order chi connectivity index (χ0) is 15.4. The molecule has 0 bridgehead atoms. The average Bonchev–Trinajstić information content (AvgIpc) is 2.55. The van der Waals surface area contributed by atoms with E-state index in [1.807, 2.05) is 18.3 Å². The van der Waals surface area contributed by atoms with Gasteiger partial charge >= 0.3 is 0 Å². The lowest BCUT2D eigenvalue weighted by Gasteiger charge is -2.36. The predicted molar refractivity (Wildman–Crippen MR) is 91.2 cm³/mol. The maximum atomic E-state index is 4.24. The summed E-state index contributed by atoms with van der Waals surface area (Å²) in [4.78, 5) is 4.98. The van der Waals surface area contributed by atoms with Gasteiger partial charge in [0.05, 0.1) is 6.20 Å². The summed E-state index contributed by atoms with van der Waals surface area (Å²) in [5, 5.41) is 14.1. The Morgan fingerprint density at radius 3 is 2.77 bits per heavy atom. The van der Waals surface area contributed by atoms with Gasteiger partial charge in [-0.05, 0) is 20.4 Å². The van der Waals surface area contributed by atoms with Crippen LogP contribution in [-0.2, 0) is 0 Å². The summed E-state index contributed by atoms with van der Waals surface area (Å²) in [7, 11) is 2.20. The van der Waals surface area contributed by atoms with E-state index in [9.17, 15) is 0 Å². The van der Waals surface area contributed by atoms with Crippen LogP contribution in [0.4, 0.5) is 5.82 Å². The third-order valence-corrected chi connectivity index (χ3v) is 4.59. The molecule has 1 atom stereocenters. The minimum Gasteiger partial charge on any atom is -0.368 e. The zero-order valence-corrected chi connectivity index (χ0v) is 13.5. The van der Waals surface area contributed by atoms with Crippen LogP contribution < -0.4 is 5.32 Å². The van der Waals surface area contributed by atoms with Gasteiger partial charge in [-0.2, -0.15) is 5.10 Å². The number of nitrogens with zero attached hydrogens (tertiary/aromatic N) is 4. The molecule has 5 heteroatoms. The molecule has 0 radical (unpaired) electrons. The van der Waals surface area contributed by atoms with E-state index >= 15 is 0 Å². The number of fused-ring (bicyclic) bond motifs is 1. The molecule has 0 amide bonds. The van der Waals surface area contributed by atoms with E-state index in [2.05, 4.69) is 51.4 Å². The number of nitrogens with one attached hydrogen (secondary N) is 1. The highest BCUT2D eigenvalue weighted by atomic mass is 15.3. The van der Waals surface area contributed by atoms with Crippen molar-refractivity contribution in [1.29, 1.82) is 0 Å². The van der Waals surface area contributed by atoms with Crippen molar-refractivity contribution in [3.05, 3.63) is 30.5 Å². The first kappa shape index (κ1) is 15.2. The molecule has 3 rings (SSSR count). The lowest BCUT2D eigenvalue weighted by Crippen LogP contribution is -2.48. The van der Waals surface area contributed by atoms with E-state index in [-0.39, 0.29) is 0 Å². The van der Waals surface area contributed by atoms with Crippen LogP contribution in [0.1, 0.15) is 13.3 Å². The summed E-state index contributed by atoms with van der Waals surface area (Å²) in [5.74, 6) is 0.892. The number of hydrogen-bond acceptors (Lipinski definition) is 5. The molecule has 1 aromatic heterocycles. The number of piperazine rings is 1.